The van der Waals surface area contributed by atoms with Gasteiger partial charge in [-0.2, -0.15) is 0 Å². The first-order valence-corrected chi connectivity index (χ1v) is 12.3. The van der Waals surface area contributed by atoms with Crippen molar-refractivity contribution in [3.8, 4) is 5.75 Å². The Morgan fingerprint density at radius 3 is 2.36 bits per heavy atom. The van der Waals surface area contributed by atoms with Crippen molar-refractivity contribution in [3.63, 3.8) is 0 Å². The molecular weight excluding hydrogens is 522 g/mol. The fraction of sp³-hybridized carbons (Fsp3) is 0.214. The number of hydrogen-bond acceptors (Lipinski definition) is 5. The molecule has 0 unspecified atom stereocenters. The fourth-order valence-electron chi connectivity index (χ4n) is 3.68. The first-order chi connectivity index (χ1) is 17.1. The van der Waals surface area contributed by atoms with Crippen LogP contribution in [-0.2, 0) is 9.53 Å². The van der Waals surface area contributed by atoms with Crippen molar-refractivity contribution < 1.29 is 19.4 Å². The molecule has 8 heteroatoms. The first kappa shape index (κ1) is 26.8. The molecule has 0 radical (unpaired) electrons. The van der Waals surface area contributed by atoms with E-state index in [4.69, 9.17) is 10.5 Å². The Kier molecular flexibility index (Phi) is 9.13. The van der Waals surface area contributed by atoms with Gasteiger partial charge in [0.15, 0.2) is 0 Å². The molecule has 0 aliphatic carbocycles. The predicted molar refractivity (Wildman–Crippen MR) is 147 cm³/mol. The largest absolute Gasteiger partial charge is 0.508 e. The highest BCUT2D eigenvalue weighted by Gasteiger charge is 2.34. The Morgan fingerprint density at radius 1 is 1.03 bits per heavy atom. The Labute approximate surface area is 219 Å². The number of hydrogen-bond donors (Lipinski definition) is 4. The van der Waals surface area contributed by atoms with Gasteiger partial charge in [-0.3, -0.25) is 10.1 Å². The third-order valence-electron chi connectivity index (χ3n) is 5.66. The molecule has 0 bridgehead atoms. The van der Waals surface area contributed by atoms with E-state index in [9.17, 15) is 14.7 Å². The summed E-state index contributed by atoms with van der Waals surface area (Å²) in [5, 5.41) is 15.2. The molecule has 0 spiro atoms. The maximum atomic E-state index is 12.7. The van der Waals surface area contributed by atoms with E-state index in [1.54, 1.807) is 66.7 Å². The van der Waals surface area contributed by atoms with E-state index >= 15 is 0 Å². The molecule has 0 fully saturated rings. The van der Waals surface area contributed by atoms with Crippen molar-refractivity contribution >= 4 is 45.0 Å². The van der Waals surface area contributed by atoms with Crippen LogP contribution in [-0.4, -0.2) is 17.1 Å². The van der Waals surface area contributed by atoms with Crippen LogP contribution in [0.3, 0.4) is 0 Å². The number of allylic oxidation sites excluding steroid dienone is 1. The summed E-state index contributed by atoms with van der Waals surface area (Å²) in [6.07, 6.45) is 3.28. The van der Waals surface area contributed by atoms with E-state index in [1.807, 2.05) is 26.0 Å². The van der Waals surface area contributed by atoms with Crippen molar-refractivity contribution in [1.82, 2.24) is 0 Å². The summed E-state index contributed by atoms with van der Waals surface area (Å²) >= 11 is 3.37. The molecule has 36 heavy (non-hydrogen) atoms. The van der Waals surface area contributed by atoms with Crippen LogP contribution in [0, 0.1) is 5.41 Å². The number of amides is 2. The molecule has 3 aromatic carbocycles. The number of phenolic OH excluding ortho intramolecular Hbond substituents is 1. The molecule has 188 valence electrons. The molecule has 3 aromatic rings. The second kappa shape index (κ2) is 12.3. The van der Waals surface area contributed by atoms with Gasteiger partial charge in [0, 0.05) is 15.6 Å². The van der Waals surface area contributed by atoms with E-state index in [2.05, 4.69) is 26.6 Å². The molecule has 3 rings (SSSR count). The van der Waals surface area contributed by atoms with Gasteiger partial charge < -0.3 is 20.9 Å². The molecule has 0 aliphatic heterocycles. The Morgan fingerprint density at radius 2 is 1.69 bits per heavy atom. The Hall–Kier alpha value is -3.78. The van der Waals surface area contributed by atoms with Crippen LogP contribution >= 0.6 is 15.9 Å². The zero-order valence-electron chi connectivity index (χ0n) is 20.2. The highest BCUT2D eigenvalue weighted by molar-refractivity contribution is 9.10. The molecule has 7 nitrogen and oxygen atoms in total. The quantitative estimate of drug-likeness (QED) is 0.168. The second-order valence-corrected chi connectivity index (χ2v) is 9.93. The van der Waals surface area contributed by atoms with Crippen molar-refractivity contribution in [2.24, 2.45) is 5.41 Å². The minimum absolute atomic E-state index is 0.127. The third-order valence-corrected chi connectivity index (χ3v) is 6.19. The summed E-state index contributed by atoms with van der Waals surface area (Å²) in [7, 11) is 0. The first-order valence-electron chi connectivity index (χ1n) is 11.5. The molecule has 2 amide bonds. The maximum Gasteiger partial charge on any atom is 0.412 e. The van der Waals surface area contributed by atoms with E-state index < -0.39 is 17.6 Å². The topological polar surface area (TPSA) is 114 Å². The van der Waals surface area contributed by atoms with Crippen LogP contribution in [0.15, 0.2) is 89.4 Å². The number of para-hydroxylation sites is 2. The van der Waals surface area contributed by atoms with E-state index in [0.29, 0.717) is 29.9 Å². The minimum atomic E-state index is -0.597. The molecule has 0 aromatic heterocycles. The summed E-state index contributed by atoms with van der Waals surface area (Å²) in [5.74, 6) is -0.145. The average Bonchev–Trinajstić information content (AvgIpc) is 2.84. The zero-order chi connectivity index (χ0) is 26.1. The van der Waals surface area contributed by atoms with Gasteiger partial charge in [-0.1, -0.05) is 60.1 Å². The zero-order valence-corrected chi connectivity index (χ0v) is 21.8. The Balaban J connectivity index is 1.66. The third kappa shape index (κ3) is 7.88. The molecular formula is C28H30BrN3O4. The summed E-state index contributed by atoms with van der Waals surface area (Å²) < 4.78 is 6.79. The number of ether oxygens (including phenoxy) is 1. The number of carbonyl (C=O) groups is 2. The summed E-state index contributed by atoms with van der Waals surface area (Å²) in [6, 6.07) is 20.9. The SMILES string of the molecule is CC(C)(CC/C=C/C(=O)Nc1ccccc1N)[C@H](OC(=O)Nc1ccc(Br)cc1)c1ccc(O)cc1. The highest BCUT2D eigenvalue weighted by Crippen LogP contribution is 2.41. The van der Waals surface area contributed by atoms with Gasteiger partial charge in [-0.15, -0.1) is 0 Å². The van der Waals surface area contributed by atoms with Crippen LogP contribution in [0.1, 0.15) is 38.4 Å². The second-order valence-electron chi connectivity index (χ2n) is 9.01. The number of nitrogens with two attached hydrogens (primary N) is 1. The lowest BCUT2D eigenvalue weighted by Crippen LogP contribution is -2.29. The van der Waals surface area contributed by atoms with E-state index in [1.165, 1.54) is 6.08 Å². The molecule has 5 N–H and O–H groups in total. The number of aromatic hydroxyl groups is 1. The number of halogens is 1. The molecule has 0 aliphatic rings. The standard InChI is InChI=1S/C28H30BrN3O4/c1-28(2,18-6-5-9-25(34)32-24-8-4-3-7-23(24)30)26(19-10-16-22(33)17-11-19)36-27(35)31-21-14-12-20(29)13-15-21/h3-5,7-17,26,33H,6,18,30H2,1-2H3,(H,31,35)(H,32,34)/b9-5+/t26-/m1/s1. The lowest BCUT2D eigenvalue weighted by atomic mass is 9.78. The lowest BCUT2D eigenvalue weighted by Gasteiger charge is -2.34. The van der Waals surface area contributed by atoms with E-state index in [-0.39, 0.29) is 11.7 Å². The highest BCUT2D eigenvalue weighted by atomic mass is 79.9. The van der Waals surface area contributed by atoms with E-state index in [0.717, 1.165) is 10.0 Å². The van der Waals surface area contributed by atoms with Gasteiger partial charge in [0.1, 0.15) is 11.9 Å². The van der Waals surface area contributed by atoms with Crippen LogP contribution in [0.25, 0.3) is 0 Å². The van der Waals surface area contributed by atoms with Crippen LogP contribution < -0.4 is 16.4 Å². The lowest BCUT2D eigenvalue weighted by molar-refractivity contribution is -0.111. The van der Waals surface area contributed by atoms with Crippen LogP contribution in [0.2, 0.25) is 0 Å². The Bertz CT molecular complexity index is 1210. The van der Waals surface area contributed by atoms with Gasteiger partial charge in [0.05, 0.1) is 11.4 Å². The minimum Gasteiger partial charge on any atom is -0.508 e. The maximum absolute atomic E-state index is 12.7. The van der Waals surface area contributed by atoms with Crippen molar-refractivity contribution in [2.45, 2.75) is 32.8 Å². The summed E-state index contributed by atoms with van der Waals surface area (Å²) in [6.45, 7) is 3.99. The molecule has 1 atom stereocenters. The number of anilines is 3. The molecule has 0 heterocycles. The number of nitrogens with one attached hydrogen (secondary N) is 2. The smallest absolute Gasteiger partial charge is 0.412 e. The van der Waals surface area contributed by atoms with Gasteiger partial charge in [-0.25, -0.2) is 4.79 Å². The fourth-order valence-corrected chi connectivity index (χ4v) is 3.94. The number of nitrogen functional groups attached to an aromatic ring is 1. The number of phenols is 1. The van der Waals surface area contributed by atoms with Crippen molar-refractivity contribution in [1.29, 1.82) is 0 Å². The average molecular weight is 552 g/mol. The summed E-state index contributed by atoms with van der Waals surface area (Å²) in [4.78, 5) is 25.0. The van der Waals surface area contributed by atoms with Crippen molar-refractivity contribution in [3.05, 3.63) is 95.0 Å². The normalized spacial score (nSPS) is 12.2. The monoisotopic (exact) mass is 551 g/mol. The molecule has 0 saturated heterocycles. The number of benzene rings is 3. The predicted octanol–water partition coefficient (Wildman–Crippen LogP) is 7.03. The van der Waals surface area contributed by atoms with Gasteiger partial charge in [-0.05, 0) is 73.0 Å². The molecule has 0 saturated carbocycles. The van der Waals surface area contributed by atoms with Gasteiger partial charge in [0.2, 0.25) is 5.91 Å². The van der Waals surface area contributed by atoms with Crippen molar-refractivity contribution in [2.75, 3.05) is 16.4 Å². The van der Waals surface area contributed by atoms with Gasteiger partial charge >= 0.3 is 6.09 Å². The van der Waals surface area contributed by atoms with Crippen LogP contribution in [0.4, 0.5) is 21.9 Å². The van der Waals surface area contributed by atoms with Crippen LogP contribution in [0.5, 0.6) is 5.75 Å². The number of rotatable bonds is 9. The van der Waals surface area contributed by atoms with Gasteiger partial charge in [0.25, 0.3) is 0 Å². The number of carbonyl (C=O) groups excluding carboxylic acids is 2. The summed E-state index contributed by atoms with van der Waals surface area (Å²) in [5.41, 5.74) is 7.80.